The molecule has 4 aromatic rings. The fourth-order valence-electron chi connectivity index (χ4n) is 8.85. The SMILES string of the molecule is CC1(S(=O)(=O)NC(=O)[C@@]23C[C@H]2/C=C\CCCCC[C@H](NC(=O)N2CCCC2)C(=O)N2C[C@H](Oc4nc(-c5ccc(C(F)(F)F)cc5)nc5c4oc4ccccc45)C[C@H]2C(=O)N3)CC1. The van der Waals surface area contributed by atoms with Gasteiger partial charge >= 0.3 is 12.2 Å². The Balaban J connectivity index is 1.06. The lowest BCUT2D eigenvalue weighted by molar-refractivity contribution is -0.141. The molecule has 19 heteroatoms. The van der Waals surface area contributed by atoms with Gasteiger partial charge in [-0.2, -0.15) is 18.2 Å². The summed E-state index contributed by atoms with van der Waals surface area (Å²) in [4.78, 5) is 69.2. The number of allylic oxidation sites excluding steroid dienone is 1. The van der Waals surface area contributed by atoms with Crippen molar-refractivity contribution in [3.05, 3.63) is 66.2 Å². The fraction of sp³-hybridized carbons (Fsp3) is 0.500. The number of nitrogens with one attached hydrogen (secondary N) is 3. The van der Waals surface area contributed by atoms with Gasteiger partial charge in [0.25, 0.3) is 11.8 Å². The Kier molecular flexibility index (Phi) is 10.9. The van der Waals surface area contributed by atoms with Crippen molar-refractivity contribution in [3.8, 4) is 17.3 Å². The summed E-state index contributed by atoms with van der Waals surface area (Å²) in [5.74, 6) is -2.64. The van der Waals surface area contributed by atoms with Crippen LogP contribution in [0.1, 0.15) is 83.1 Å². The highest BCUT2D eigenvalue weighted by molar-refractivity contribution is 7.91. The number of likely N-dealkylation sites (tertiary alicyclic amines) is 1. The Hall–Kier alpha value is -5.72. The van der Waals surface area contributed by atoms with E-state index < -0.39 is 73.9 Å². The molecule has 0 spiro atoms. The van der Waals surface area contributed by atoms with Gasteiger partial charge < -0.3 is 29.6 Å². The Morgan fingerprint density at radius 2 is 1.73 bits per heavy atom. The second-order valence-electron chi connectivity index (χ2n) is 17.6. The van der Waals surface area contributed by atoms with Crippen LogP contribution in [0.2, 0.25) is 0 Å². The number of hydrogen-bond acceptors (Lipinski definition) is 10. The fourth-order valence-corrected chi connectivity index (χ4v) is 10.2. The number of nitrogens with zero attached hydrogens (tertiary/aromatic N) is 4. The van der Waals surface area contributed by atoms with Gasteiger partial charge in [-0.15, -0.1) is 0 Å². The molecule has 5 amide bonds. The minimum atomic E-state index is -4.56. The second-order valence-corrected chi connectivity index (χ2v) is 19.8. The van der Waals surface area contributed by atoms with Crippen LogP contribution >= 0.6 is 0 Å². The molecule has 15 nitrogen and oxygen atoms in total. The lowest BCUT2D eigenvalue weighted by atomic mass is 10.0. The van der Waals surface area contributed by atoms with Crippen molar-refractivity contribution in [1.29, 1.82) is 0 Å². The average Bonchev–Trinajstić information content (AvgIpc) is 3.88. The molecule has 2 aromatic heterocycles. The van der Waals surface area contributed by atoms with Crippen molar-refractivity contribution in [2.24, 2.45) is 5.92 Å². The largest absolute Gasteiger partial charge is 0.470 e. The zero-order valence-electron chi connectivity index (χ0n) is 34.6. The third-order valence-electron chi connectivity index (χ3n) is 13.1. The molecular formula is C44H48F3N7O8S. The van der Waals surface area contributed by atoms with Crippen molar-refractivity contribution in [3.63, 3.8) is 0 Å². The summed E-state index contributed by atoms with van der Waals surface area (Å²) in [5.41, 5.74) is -1.29. The van der Waals surface area contributed by atoms with Crippen LogP contribution in [0.3, 0.4) is 0 Å². The molecule has 2 aliphatic carbocycles. The highest BCUT2D eigenvalue weighted by atomic mass is 32.2. The zero-order chi connectivity index (χ0) is 44.3. The Labute approximate surface area is 361 Å². The number of hydrogen-bond donors (Lipinski definition) is 3. The van der Waals surface area contributed by atoms with Gasteiger partial charge in [0.2, 0.25) is 27.4 Å². The number of rotatable bonds is 7. The Morgan fingerprint density at radius 1 is 0.984 bits per heavy atom. The van der Waals surface area contributed by atoms with Crippen LogP contribution in [0.5, 0.6) is 5.88 Å². The topological polar surface area (TPSA) is 193 Å². The number of urea groups is 1. The lowest BCUT2D eigenvalue weighted by Crippen LogP contribution is -2.59. The third kappa shape index (κ3) is 8.31. The van der Waals surface area contributed by atoms with E-state index in [4.69, 9.17) is 9.15 Å². The molecule has 0 radical (unpaired) electrons. The van der Waals surface area contributed by atoms with Gasteiger partial charge in [0.1, 0.15) is 34.8 Å². The van der Waals surface area contributed by atoms with Crippen LogP contribution in [-0.4, -0.2) is 100 Å². The smallest absolute Gasteiger partial charge is 0.416 e. The molecule has 2 aromatic carbocycles. The highest BCUT2D eigenvalue weighted by Gasteiger charge is 2.63. The molecule has 63 heavy (non-hydrogen) atoms. The number of carbonyl (C=O) groups excluding carboxylic acids is 4. The van der Waals surface area contributed by atoms with E-state index in [9.17, 15) is 40.8 Å². The minimum absolute atomic E-state index is 0.0416. The predicted molar refractivity (Wildman–Crippen MR) is 223 cm³/mol. The molecule has 5 aliphatic rings. The molecule has 334 valence electrons. The minimum Gasteiger partial charge on any atom is -0.470 e. The highest BCUT2D eigenvalue weighted by Crippen LogP contribution is 2.48. The van der Waals surface area contributed by atoms with Gasteiger partial charge in [0, 0.05) is 36.4 Å². The van der Waals surface area contributed by atoms with Gasteiger partial charge in [0.05, 0.1) is 16.9 Å². The van der Waals surface area contributed by atoms with Gasteiger partial charge in [-0.25, -0.2) is 18.2 Å². The van der Waals surface area contributed by atoms with E-state index in [2.05, 4.69) is 25.3 Å². The Bertz CT molecular complexity index is 2610. The molecule has 3 aliphatic heterocycles. The van der Waals surface area contributed by atoms with E-state index in [1.807, 2.05) is 12.2 Å². The molecular weight excluding hydrogens is 844 g/mol. The molecule has 5 heterocycles. The van der Waals surface area contributed by atoms with Gasteiger partial charge in [-0.05, 0) is 82.6 Å². The van der Waals surface area contributed by atoms with Gasteiger partial charge in [-0.3, -0.25) is 19.1 Å². The summed E-state index contributed by atoms with van der Waals surface area (Å²) in [6, 6.07) is 8.75. The summed E-state index contributed by atoms with van der Waals surface area (Å²) < 4.78 is 80.8. The maximum absolute atomic E-state index is 14.8. The normalized spacial score (nSPS) is 26.9. The summed E-state index contributed by atoms with van der Waals surface area (Å²) in [6.07, 6.45) is 3.80. The first kappa shape index (κ1) is 42.6. The molecule has 2 saturated heterocycles. The number of fused-ring (bicyclic) bond motifs is 5. The predicted octanol–water partition coefficient (Wildman–Crippen LogP) is 5.98. The first-order valence-corrected chi connectivity index (χ1v) is 23.0. The standard InChI is InChI=1S/C44H48F3N7O8S/c1-42(19-20-42)63(59,60)52-40(57)43-24-28(43)11-5-3-2-4-6-13-31(48-41(58)53-21-9-10-22-53)39(56)54-25-29(23-32(54)37(55)51-43)61-38-35-34(30-12-7-8-14-33(30)62-35)49-36(50-38)26-15-17-27(18-16-26)44(45,46)47/h5,7-8,11-12,14-18,28-29,31-32H,2-4,6,9-10,13,19-25H2,1H3,(H,48,58)(H,51,55)(H,52,57)/b11-5-/t28-,29-,31+,32+,43-/m1/s1. The maximum Gasteiger partial charge on any atom is 0.416 e. The van der Waals surface area contributed by atoms with Gasteiger partial charge in [-0.1, -0.05) is 49.3 Å². The number of alkyl halides is 3. The molecule has 0 unspecified atom stereocenters. The summed E-state index contributed by atoms with van der Waals surface area (Å²) in [5, 5.41) is 6.39. The average molecular weight is 892 g/mol. The van der Waals surface area contributed by atoms with Crippen LogP contribution < -0.4 is 20.1 Å². The molecule has 3 N–H and O–H groups in total. The number of furan rings is 1. The van der Waals surface area contributed by atoms with Crippen LogP contribution in [0.15, 0.2) is 65.1 Å². The molecule has 5 atom stereocenters. The number of para-hydroxylation sites is 1. The number of halogens is 3. The van der Waals surface area contributed by atoms with Crippen molar-refractivity contribution in [1.82, 2.24) is 35.1 Å². The van der Waals surface area contributed by atoms with Crippen LogP contribution in [0.4, 0.5) is 18.0 Å². The lowest BCUT2D eigenvalue weighted by Gasteiger charge is -2.30. The summed E-state index contributed by atoms with van der Waals surface area (Å²) in [6.45, 7) is 2.49. The van der Waals surface area contributed by atoms with E-state index in [0.717, 1.165) is 37.8 Å². The van der Waals surface area contributed by atoms with Crippen molar-refractivity contribution >= 4 is 55.8 Å². The number of carbonyl (C=O) groups is 4. The maximum atomic E-state index is 14.8. The molecule has 0 bridgehead atoms. The first-order valence-electron chi connectivity index (χ1n) is 21.5. The number of sulfonamides is 1. The van der Waals surface area contributed by atoms with Crippen LogP contribution in [0, 0.1) is 5.92 Å². The van der Waals surface area contributed by atoms with Crippen molar-refractivity contribution < 1.29 is 49.9 Å². The first-order chi connectivity index (χ1) is 30.0. The van der Waals surface area contributed by atoms with Crippen molar-refractivity contribution in [2.45, 2.75) is 112 Å². The summed E-state index contributed by atoms with van der Waals surface area (Å²) in [7, 11) is -4.06. The summed E-state index contributed by atoms with van der Waals surface area (Å²) >= 11 is 0. The van der Waals surface area contributed by atoms with Crippen LogP contribution in [-0.2, 0) is 30.6 Å². The van der Waals surface area contributed by atoms with E-state index in [1.54, 1.807) is 36.1 Å². The van der Waals surface area contributed by atoms with E-state index in [1.165, 1.54) is 17.0 Å². The Morgan fingerprint density at radius 3 is 2.46 bits per heavy atom. The quantitative estimate of drug-likeness (QED) is 0.186. The van der Waals surface area contributed by atoms with Crippen LogP contribution in [0.25, 0.3) is 33.5 Å². The van der Waals surface area contributed by atoms with E-state index >= 15 is 0 Å². The monoisotopic (exact) mass is 891 g/mol. The van der Waals surface area contributed by atoms with Crippen molar-refractivity contribution in [2.75, 3.05) is 19.6 Å². The molecule has 4 fully saturated rings. The third-order valence-corrected chi connectivity index (χ3v) is 15.3. The van der Waals surface area contributed by atoms with Gasteiger partial charge in [0.15, 0.2) is 5.82 Å². The number of ether oxygens (including phenoxy) is 1. The molecule has 2 saturated carbocycles. The number of aromatic nitrogens is 2. The second kappa shape index (κ2) is 16.1. The molecule has 9 rings (SSSR count). The zero-order valence-corrected chi connectivity index (χ0v) is 35.4. The number of benzene rings is 2. The number of amides is 5. The van der Waals surface area contributed by atoms with E-state index in [0.29, 0.717) is 61.7 Å². The van der Waals surface area contributed by atoms with E-state index in [-0.39, 0.29) is 48.3 Å².